The Balaban J connectivity index is 2.16. The van der Waals surface area contributed by atoms with Crippen molar-refractivity contribution in [3.8, 4) is 0 Å². The first kappa shape index (κ1) is 13.0. The molecule has 0 radical (unpaired) electrons. The highest BCUT2D eigenvalue weighted by atomic mass is 32.2. The summed E-state index contributed by atoms with van der Waals surface area (Å²) in [7, 11) is 0. The molecule has 6 heteroatoms. The number of hydrogen-bond donors (Lipinski definition) is 2. The number of nitrogens with one attached hydrogen (secondary N) is 2. The molecule has 1 rings (SSSR count). The van der Waals surface area contributed by atoms with Crippen molar-refractivity contribution in [1.29, 1.82) is 0 Å². The summed E-state index contributed by atoms with van der Waals surface area (Å²) in [4.78, 5) is 33.4. The second-order valence-corrected chi connectivity index (χ2v) is 4.81. The SMILES string of the molecule is CCCCNC(=O)CSC1CC(=O)NC1=O. The molecular weight excluding hydrogens is 228 g/mol. The lowest BCUT2D eigenvalue weighted by molar-refractivity contribution is -0.124. The molecule has 1 saturated heterocycles. The monoisotopic (exact) mass is 244 g/mol. The number of unbranched alkanes of at least 4 members (excludes halogenated alkanes) is 1. The summed E-state index contributed by atoms with van der Waals surface area (Å²) >= 11 is 1.22. The van der Waals surface area contributed by atoms with Crippen LogP contribution in [0.1, 0.15) is 26.2 Å². The van der Waals surface area contributed by atoms with Crippen LogP contribution in [0.3, 0.4) is 0 Å². The summed E-state index contributed by atoms with van der Waals surface area (Å²) in [5.41, 5.74) is 0. The maximum atomic E-state index is 11.3. The second-order valence-electron chi connectivity index (χ2n) is 3.62. The Morgan fingerprint density at radius 2 is 2.31 bits per heavy atom. The number of imide groups is 1. The highest BCUT2D eigenvalue weighted by molar-refractivity contribution is 8.01. The van der Waals surface area contributed by atoms with Gasteiger partial charge in [0.1, 0.15) is 0 Å². The first-order valence-electron chi connectivity index (χ1n) is 5.35. The molecule has 90 valence electrons. The minimum Gasteiger partial charge on any atom is -0.355 e. The highest BCUT2D eigenvalue weighted by Crippen LogP contribution is 2.18. The summed E-state index contributed by atoms with van der Waals surface area (Å²) < 4.78 is 0. The molecule has 1 unspecified atom stereocenters. The maximum Gasteiger partial charge on any atom is 0.240 e. The Bertz CT molecular complexity index is 294. The van der Waals surface area contributed by atoms with E-state index in [0.717, 1.165) is 12.8 Å². The van der Waals surface area contributed by atoms with E-state index in [-0.39, 0.29) is 29.9 Å². The van der Waals surface area contributed by atoms with E-state index < -0.39 is 5.25 Å². The molecule has 1 atom stereocenters. The number of carbonyl (C=O) groups excluding carboxylic acids is 3. The average Bonchev–Trinajstić information content (AvgIpc) is 2.55. The van der Waals surface area contributed by atoms with Gasteiger partial charge in [-0.3, -0.25) is 19.7 Å². The minimum absolute atomic E-state index is 0.0781. The van der Waals surface area contributed by atoms with Crippen LogP contribution in [0.5, 0.6) is 0 Å². The van der Waals surface area contributed by atoms with Crippen LogP contribution in [-0.4, -0.2) is 35.3 Å². The third-order valence-corrected chi connectivity index (χ3v) is 3.41. The van der Waals surface area contributed by atoms with E-state index in [1.165, 1.54) is 11.8 Å². The molecule has 0 spiro atoms. The Morgan fingerprint density at radius 1 is 1.56 bits per heavy atom. The van der Waals surface area contributed by atoms with E-state index in [4.69, 9.17) is 0 Å². The Kier molecular flexibility index (Phi) is 5.31. The molecule has 1 aliphatic rings. The van der Waals surface area contributed by atoms with Crippen molar-refractivity contribution in [1.82, 2.24) is 10.6 Å². The van der Waals surface area contributed by atoms with Gasteiger partial charge < -0.3 is 5.32 Å². The molecule has 16 heavy (non-hydrogen) atoms. The topological polar surface area (TPSA) is 75.3 Å². The van der Waals surface area contributed by atoms with Gasteiger partial charge in [0.05, 0.1) is 11.0 Å². The van der Waals surface area contributed by atoms with E-state index in [0.29, 0.717) is 6.54 Å². The summed E-state index contributed by atoms with van der Waals surface area (Å²) in [6, 6.07) is 0. The number of amides is 3. The average molecular weight is 244 g/mol. The number of hydrogen-bond acceptors (Lipinski definition) is 4. The first-order chi connectivity index (χ1) is 7.63. The van der Waals surface area contributed by atoms with Crippen molar-refractivity contribution in [2.45, 2.75) is 31.4 Å². The number of carbonyl (C=O) groups is 3. The lowest BCUT2D eigenvalue weighted by atomic mass is 10.3. The molecule has 3 amide bonds. The fourth-order valence-corrected chi connectivity index (χ4v) is 2.23. The normalized spacial score (nSPS) is 19.7. The molecule has 5 nitrogen and oxygen atoms in total. The van der Waals surface area contributed by atoms with Gasteiger partial charge in [-0.25, -0.2) is 0 Å². The van der Waals surface area contributed by atoms with Crippen molar-refractivity contribution in [2.24, 2.45) is 0 Å². The van der Waals surface area contributed by atoms with Crippen LogP contribution in [0.25, 0.3) is 0 Å². The van der Waals surface area contributed by atoms with Gasteiger partial charge in [-0.2, -0.15) is 0 Å². The van der Waals surface area contributed by atoms with Gasteiger partial charge in [-0.15, -0.1) is 11.8 Å². The van der Waals surface area contributed by atoms with Gasteiger partial charge in [0.25, 0.3) is 0 Å². The zero-order valence-corrected chi connectivity index (χ0v) is 10.1. The van der Waals surface area contributed by atoms with Crippen molar-refractivity contribution >= 4 is 29.5 Å². The van der Waals surface area contributed by atoms with Gasteiger partial charge in [0.15, 0.2) is 0 Å². The quantitative estimate of drug-likeness (QED) is 0.511. The van der Waals surface area contributed by atoms with E-state index in [2.05, 4.69) is 17.6 Å². The maximum absolute atomic E-state index is 11.3. The van der Waals surface area contributed by atoms with Crippen LogP contribution in [0.2, 0.25) is 0 Å². The van der Waals surface area contributed by atoms with Crippen LogP contribution < -0.4 is 10.6 Å². The molecular formula is C10H16N2O3S. The smallest absolute Gasteiger partial charge is 0.240 e. The van der Waals surface area contributed by atoms with Crippen LogP contribution >= 0.6 is 11.8 Å². The molecule has 1 fully saturated rings. The molecule has 1 aliphatic heterocycles. The standard InChI is InChI=1S/C10H16N2O3S/c1-2-3-4-11-9(14)6-16-7-5-8(13)12-10(7)15/h7H,2-6H2,1H3,(H,11,14)(H,12,13,15). The van der Waals surface area contributed by atoms with Crippen LogP contribution in [0.15, 0.2) is 0 Å². The molecule has 0 aliphatic carbocycles. The van der Waals surface area contributed by atoms with E-state index >= 15 is 0 Å². The summed E-state index contributed by atoms with van der Waals surface area (Å²) in [6.07, 6.45) is 2.18. The van der Waals surface area contributed by atoms with E-state index in [9.17, 15) is 14.4 Å². The first-order valence-corrected chi connectivity index (χ1v) is 6.40. The molecule has 0 bridgehead atoms. The van der Waals surface area contributed by atoms with Gasteiger partial charge >= 0.3 is 0 Å². The third-order valence-electron chi connectivity index (χ3n) is 2.19. The largest absolute Gasteiger partial charge is 0.355 e. The Labute approximate surface area is 98.7 Å². The van der Waals surface area contributed by atoms with Gasteiger partial charge in [-0.1, -0.05) is 13.3 Å². The molecule has 0 aromatic heterocycles. The summed E-state index contributed by atoms with van der Waals surface area (Å²) in [5, 5.41) is 4.57. The zero-order chi connectivity index (χ0) is 12.0. The molecule has 0 aromatic rings. The third kappa shape index (κ3) is 4.22. The van der Waals surface area contributed by atoms with Crippen molar-refractivity contribution in [2.75, 3.05) is 12.3 Å². The van der Waals surface area contributed by atoms with Crippen LogP contribution in [0, 0.1) is 0 Å². The summed E-state index contributed by atoms with van der Waals surface area (Å²) in [6.45, 7) is 2.72. The van der Waals surface area contributed by atoms with Crippen molar-refractivity contribution in [3.63, 3.8) is 0 Å². The second kappa shape index (κ2) is 6.52. The lowest BCUT2D eigenvalue weighted by Gasteiger charge is -2.06. The Morgan fingerprint density at radius 3 is 2.88 bits per heavy atom. The predicted molar refractivity (Wildman–Crippen MR) is 61.9 cm³/mol. The van der Waals surface area contributed by atoms with Crippen molar-refractivity contribution < 1.29 is 14.4 Å². The van der Waals surface area contributed by atoms with E-state index in [1.54, 1.807) is 0 Å². The van der Waals surface area contributed by atoms with Gasteiger partial charge in [0.2, 0.25) is 17.7 Å². The van der Waals surface area contributed by atoms with Crippen molar-refractivity contribution in [3.05, 3.63) is 0 Å². The van der Waals surface area contributed by atoms with Crippen LogP contribution in [0.4, 0.5) is 0 Å². The van der Waals surface area contributed by atoms with Gasteiger partial charge in [0, 0.05) is 13.0 Å². The zero-order valence-electron chi connectivity index (χ0n) is 9.25. The van der Waals surface area contributed by atoms with Crippen LogP contribution in [-0.2, 0) is 14.4 Å². The van der Waals surface area contributed by atoms with Gasteiger partial charge in [-0.05, 0) is 6.42 Å². The predicted octanol–water partition coefficient (Wildman–Crippen LogP) is 0.0510. The summed E-state index contributed by atoms with van der Waals surface area (Å²) in [5.74, 6) is -0.384. The minimum atomic E-state index is -0.399. The number of thioether (sulfide) groups is 1. The van der Waals surface area contributed by atoms with E-state index in [1.807, 2.05) is 0 Å². The highest BCUT2D eigenvalue weighted by Gasteiger charge is 2.31. The fraction of sp³-hybridized carbons (Fsp3) is 0.700. The fourth-order valence-electron chi connectivity index (χ4n) is 1.30. The lowest BCUT2D eigenvalue weighted by Crippen LogP contribution is -2.28. The molecule has 0 aromatic carbocycles. The molecule has 1 heterocycles. The number of rotatable bonds is 6. The molecule has 0 saturated carbocycles. The Hall–Kier alpha value is -1.04. The molecule has 2 N–H and O–H groups in total.